The quantitative estimate of drug-likeness (QED) is 0.851. The second-order valence-electron chi connectivity index (χ2n) is 6.18. The van der Waals surface area contributed by atoms with E-state index < -0.39 is 0 Å². The van der Waals surface area contributed by atoms with Crippen LogP contribution >= 0.6 is 0 Å². The Morgan fingerprint density at radius 1 is 1.25 bits per heavy atom. The van der Waals surface area contributed by atoms with Gasteiger partial charge in [0.1, 0.15) is 5.82 Å². The summed E-state index contributed by atoms with van der Waals surface area (Å²) in [7, 11) is 4.23. The van der Waals surface area contributed by atoms with Crippen LogP contribution in [0.2, 0.25) is 0 Å². The predicted octanol–water partition coefficient (Wildman–Crippen LogP) is 3.25. The average molecular weight is 274 g/mol. The van der Waals surface area contributed by atoms with E-state index in [2.05, 4.69) is 50.4 Å². The maximum atomic E-state index is 5.88. The normalized spacial score (nSPS) is 13.6. The minimum absolute atomic E-state index is 0.408. The first kappa shape index (κ1) is 14.9. The first-order valence-electron chi connectivity index (χ1n) is 7.32. The molecule has 0 spiro atoms. The van der Waals surface area contributed by atoms with Crippen LogP contribution in [0, 0.1) is 0 Å². The van der Waals surface area contributed by atoms with Gasteiger partial charge in [-0.2, -0.15) is 0 Å². The molecule has 2 rings (SSSR count). The van der Waals surface area contributed by atoms with Gasteiger partial charge in [0.15, 0.2) is 0 Å². The molecule has 0 aliphatic rings. The van der Waals surface area contributed by atoms with Crippen molar-refractivity contribution in [2.75, 3.05) is 26.4 Å². The monoisotopic (exact) mass is 274 g/mol. The Hall–Kier alpha value is -1.55. The van der Waals surface area contributed by atoms with Crippen LogP contribution in [0.4, 0.5) is 5.69 Å². The van der Waals surface area contributed by atoms with E-state index in [0.717, 1.165) is 30.0 Å². The minimum atomic E-state index is 0.408. The van der Waals surface area contributed by atoms with Crippen molar-refractivity contribution in [2.24, 2.45) is 0 Å². The molecule has 0 bridgehead atoms. The number of hydrogen-bond acceptors (Lipinski definition) is 3. The second-order valence-corrected chi connectivity index (χ2v) is 6.18. The highest BCUT2D eigenvalue weighted by molar-refractivity contribution is 5.80. The van der Waals surface area contributed by atoms with Gasteiger partial charge in [0.2, 0.25) is 0 Å². The van der Waals surface area contributed by atoms with Gasteiger partial charge < -0.3 is 15.2 Å². The molecular formula is C16H26N4. The molecule has 0 radical (unpaired) electrons. The molecule has 20 heavy (non-hydrogen) atoms. The zero-order valence-electron chi connectivity index (χ0n) is 13.2. The van der Waals surface area contributed by atoms with Gasteiger partial charge in [-0.05, 0) is 52.2 Å². The first-order chi connectivity index (χ1) is 9.40. The number of rotatable bonds is 5. The second kappa shape index (κ2) is 5.83. The van der Waals surface area contributed by atoms with Gasteiger partial charge in [0.25, 0.3) is 0 Å². The molecule has 1 unspecified atom stereocenters. The Morgan fingerprint density at radius 2 is 1.95 bits per heavy atom. The summed E-state index contributed by atoms with van der Waals surface area (Å²) in [6, 6.07) is 6.46. The summed E-state index contributed by atoms with van der Waals surface area (Å²) in [6.45, 7) is 7.74. The number of anilines is 1. The summed E-state index contributed by atoms with van der Waals surface area (Å²) in [5, 5.41) is 0. The smallest absolute Gasteiger partial charge is 0.112 e. The van der Waals surface area contributed by atoms with Crippen LogP contribution in [0.15, 0.2) is 18.2 Å². The first-order valence-corrected chi connectivity index (χ1v) is 7.32. The summed E-state index contributed by atoms with van der Waals surface area (Å²) >= 11 is 0. The van der Waals surface area contributed by atoms with Crippen LogP contribution in [0.25, 0.3) is 11.0 Å². The molecule has 4 nitrogen and oxygen atoms in total. The number of nitrogen functional groups attached to an aromatic ring is 1. The van der Waals surface area contributed by atoms with Gasteiger partial charge in [0.05, 0.1) is 11.0 Å². The topological polar surface area (TPSA) is 47.1 Å². The van der Waals surface area contributed by atoms with Gasteiger partial charge in [-0.25, -0.2) is 4.98 Å². The molecule has 1 heterocycles. The third-order valence-electron chi connectivity index (χ3n) is 3.69. The molecule has 0 saturated heterocycles. The Morgan fingerprint density at radius 3 is 2.55 bits per heavy atom. The van der Waals surface area contributed by atoms with Gasteiger partial charge in [0, 0.05) is 17.6 Å². The number of nitrogens with zero attached hydrogens (tertiary/aromatic N) is 3. The van der Waals surface area contributed by atoms with Crippen molar-refractivity contribution < 1.29 is 0 Å². The predicted molar refractivity (Wildman–Crippen MR) is 86.1 cm³/mol. The molecular weight excluding hydrogens is 248 g/mol. The third-order valence-corrected chi connectivity index (χ3v) is 3.69. The van der Waals surface area contributed by atoms with Crippen molar-refractivity contribution in [3.05, 3.63) is 24.0 Å². The average Bonchev–Trinajstić information content (AvgIpc) is 2.74. The summed E-state index contributed by atoms with van der Waals surface area (Å²) in [5.41, 5.74) is 8.85. The van der Waals surface area contributed by atoms with Crippen molar-refractivity contribution in [3.8, 4) is 0 Å². The fraction of sp³-hybridized carbons (Fsp3) is 0.562. The van der Waals surface area contributed by atoms with Crippen LogP contribution < -0.4 is 5.73 Å². The number of nitrogens with two attached hydrogens (primary N) is 1. The molecule has 1 aromatic heterocycles. The zero-order chi connectivity index (χ0) is 14.9. The number of aromatic nitrogens is 2. The Labute approximate surface area is 121 Å². The molecule has 1 atom stereocenters. The van der Waals surface area contributed by atoms with E-state index in [1.165, 1.54) is 5.52 Å². The molecule has 110 valence electrons. The van der Waals surface area contributed by atoms with E-state index in [9.17, 15) is 0 Å². The lowest BCUT2D eigenvalue weighted by atomic mass is 10.1. The van der Waals surface area contributed by atoms with E-state index in [1.807, 2.05) is 12.1 Å². The van der Waals surface area contributed by atoms with Crippen molar-refractivity contribution in [3.63, 3.8) is 0 Å². The van der Waals surface area contributed by atoms with E-state index in [4.69, 9.17) is 10.7 Å². The summed E-state index contributed by atoms with van der Waals surface area (Å²) in [5.74, 6) is 1.56. The van der Waals surface area contributed by atoms with E-state index in [0.29, 0.717) is 12.0 Å². The highest BCUT2D eigenvalue weighted by Gasteiger charge is 2.18. The molecule has 2 aromatic rings. The standard InChI is InChI=1S/C16H26N4/c1-11(2)16-18-14-10-13(17)6-7-15(14)20(16)12(3)8-9-19(4)5/h6-7,10-12H,8-9,17H2,1-5H3. The Balaban J connectivity index is 2.45. The van der Waals surface area contributed by atoms with E-state index >= 15 is 0 Å². The largest absolute Gasteiger partial charge is 0.399 e. The van der Waals surface area contributed by atoms with Crippen molar-refractivity contribution in [2.45, 2.75) is 39.2 Å². The van der Waals surface area contributed by atoms with Crippen molar-refractivity contribution in [1.82, 2.24) is 14.5 Å². The lowest BCUT2D eigenvalue weighted by Gasteiger charge is -2.21. The molecule has 0 fully saturated rings. The number of fused-ring (bicyclic) bond motifs is 1. The van der Waals surface area contributed by atoms with E-state index in [1.54, 1.807) is 0 Å². The number of benzene rings is 1. The summed E-state index contributed by atoms with van der Waals surface area (Å²) in [4.78, 5) is 7.02. The van der Waals surface area contributed by atoms with Crippen LogP contribution in [-0.2, 0) is 0 Å². The zero-order valence-corrected chi connectivity index (χ0v) is 13.2. The van der Waals surface area contributed by atoms with Crippen molar-refractivity contribution in [1.29, 1.82) is 0 Å². The van der Waals surface area contributed by atoms with Crippen LogP contribution in [0.3, 0.4) is 0 Å². The highest BCUT2D eigenvalue weighted by Crippen LogP contribution is 2.28. The molecule has 2 N–H and O–H groups in total. The van der Waals surface area contributed by atoms with Gasteiger partial charge in [-0.1, -0.05) is 13.8 Å². The summed E-state index contributed by atoms with van der Waals surface area (Å²) < 4.78 is 2.38. The maximum absolute atomic E-state index is 5.88. The Bertz CT molecular complexity index is 583. The maximum Gasteiger partial charge on any atom is 0.112 e. The van der Waals surface area contributed by atoms with Gasteiger partial charge in [-0.15, -0.1) is 0 Å². The molecule has 4 heteroatoms. The summed E-state index contributed by atoms with van der Waals surface area (Å²) in [6.07, 6.45) is 1.11. The number of hydrogen-bond donors (Lipinski definition) is 1. The van der Waals surface area contributed by atoms with Crippen molar-refractivity contribution >= 4 is 16.7 Å². The number of imidazole rings is 1. The Kier molecular flexibility index (Phi) is 4.33. The minimum Gasteiger partial charge on any atom is -0.399 e. The SMILES string of the molecule is CC(C)c1nc2cc(N)ccc2n1C(C)CCN(C)C. The van der Waals surface area contributed by atoms with Crippen LogP contribution in [0.1, 0.15) is 45.0 Å². The molecule has 0 aliphatic carbocycles. The lowest BCUT2D eigenvalue weighted by Crippen LogP contribution is -2.19. The highest BCUT2D eigenvalue weighted by atomic mass is 15.1. The van der Waals surface area contributed by atoms with Crippen LogP contribution in [-0.4, -0.2) is 35.1 Å². The lowest BCUT2D eigenvalue weighted by molar-refractivity contribution is 0.356. The molecule has 0 amide bonds. The molecule has 0 aliphatic heterocycles. The van der Waals surface area contributed by atoms with Gasteiger partial charge in [-0.3, -0.25) is 0 Å². The third kappa shape index (κ3) is 2.96. The molecule has 0 saturated carbocycles. The fourth-order valence-electron chi connectivity index (χ4n) is 2.58. The van der Waals surface area contributed by atoms with Crippen LogP contribution in [0.5, 0.6) is 0 Å². The van der Waals surface area contributed by atoms with E-state index in [-0.39, 0.29) is 0 Å². The fourth-order valence-corrected chi connectivity index (χ4v) is 2.58. The molecule has 1 aromatic carbocycles. The van der Waals surface area contributed by atoms with Gasteiger partial charge >= 0.3 is 0 Å².